The molecule has 1 rings (SSSR count). The molecule has 0 amide bonds. The van der Waals surface area contributed by atoms with Gasteiger partial charge in [-0.3, -0.25) is 0 Å². The monoisotopic (exact) mass is 210 g/mol. The Morgan fingerprint density at radius 1 is 1.60 bits per heavy atom. The second-order valence-electron chi connectivity index (χ2n) is 4.07. The summed E-state index contributed by atoms with van der Waals surface area (Å²) in [5.74, 6) is 5.88. The van der Waals surface area contributed by atoms with Gasteiger partial charge in [0.1, 0.15) is 5.82 Å². The molecule has 0 saturated carbocycles. The number of rotatable bonds is 4. The van der Waals surface area contributed by atoms with Gasteiger partial charge in [-0.15, -0.1) is 0 Å². The first kappa shape index (κ1) is 11.7. The molecule has 0 bridgehead atoms. The van der Waals surface area contributed by atoms with E-state index < -0.39 is 0 Å². The molecule has 0 atom stereocenters. The van der Waals surface area contributed by atoms with Gasteiger partial charge in [0.05, 0.1) is 12.1 Å². The van der Waals surface area contributed by atoms with E-state index in [2.05, 4.69) is 10.4 Å². The highest BCUT2D eigenvalue weighted by atomic mass is 16.3. The van der Waals surface area contributed by atoms with E-state index in [1.54, 1.807) is 6.20 Å². The number of nitrogens with one attached hydrogen (secondary N) is 1. The Morgan fingerprint density at radius 3 is 2.80 bits per heavy atom. The average molecular weight is 210 g/mol. The minimum atomic E-state index is -0.312. The number of pyridine rings is 1. The highest BCUT2D eigenvalue weighted by molar-refractivity contribution is 5.54. The van der Waals surface area contributed by atoms with Crippen LogP contribution in [0.2, 0.25) is 0 Å². The van der Waals surface area contributed by atoms with Gasteiger partial charge < -0.3 is 15.4 Å². The molecule has 84 valence electrons. The Kier molecular flexibility index (Phi) is 3.49. The SMILES string of the molecule is CN(c1ccnc(NN)c1)C(C)(C)CO. The van der Waals surface area contributed by atoms with E-state index in [-0.39, 0.29) is 12.1 Å². The van der Waals surface area contributed by atoms with Crippen molar-refractivity contribution in [3.8, 4) is 0 Å². The van der Waals surface area contributed by atoms with Crippen LogP contribution in [0, 0.1) is 0 Å². The van der Waals surface area contributed by atoms with Crippen molar-refractivity contribution in [1.29, 1.82) is 0 Å². The summed E-state index contributed by atoms with van der Waals surface area (Å²) in [6.45, 7) is 4.00. The molecular formula is C10H18N4O. The maximum absolute atomic E-state index is 9.25. The molecular weight excluding hydrogens is 192 g/mol. The van der Waals surface area contributed by atoms with Gasteiger partial charge in [0.15, 0.2) is 0 Å². The Hall–Kier alpha value is -1.33. The molecule has 15 heavy (non-hydrogen) atoms. The lowest BCUT2D eigenvalue weighted by Gasteiger charge is -2.35. The highest BCUT2D eigenvalue weighted by Crippen LogP contribution is 2.22. The topological polar surface area (TPSA) is 74.4 Å². The average Bonchev–Trinajstić information content (AvgIpc) is 2.28. The fraction of sp³-hybridized carbons (Fsp3) is 0.500. The number of likely N-dealkylation sites (N-methyl/N-ethyl adjacent to an activating group) is 1. The largest absolute Gasteiger partial charge is 0.394 e. The number of anilines is 2. The van der Waals surface area contributed by atoms with E-state index in [0.717, 1.165) is 5.69 Å². The van der Waals surface area contributed by atoms with E-state index in [9.17, 15) is 5.11 Å². The van der Waals surface area contributed by atoms with Crippen LogP contribution in [-0.4, -0.2) is 29.3 Å². The molecule has 4 N–H and O–H groups in total. The van der Waals surface area contributed by atoms with Crippen LogP contribution in [0.25, 0.3) is 0 Å². The normalized spacial score (nSPS) is 11.3. The predicted molar refractivity (Wildman–Crippen MR) is 61.6 cm³/mol. The standard InChI is InChI=1S/C10H18N4O/c1-10(2,7-15)14(3)8-4-5-12-9(6-8)13-11/h4-6,15H,7,11H2,1-3H3,(H,12,13). The Bertz CT molecular complexity index is 327. The van der Waals surface area contributed by atoms with E-state index in [1.807, 2.05) is 37.9 Å². The van der Waals surface area contributed by atoms with Gasteiger partial charge in [0.25, 0.3) is 0 Å². The molecule has 0 aliphatic rings. The molecule has 0 unspecified atom stereocenters. The Balaban J connectivity index is 2.95. The minimum absolute atomic E-state index is 0.0806. The van der Waals surface area contributed by atoms with Crippen LogP contribution in [0.15, 0.2) is 18.3 Å². The third kappa shape index (κ3) is 2.57. The molecule has 0 aliphatic carbocycles. The molecule has 1 aromatic heterocycles. The lowest BCUT2D eigenvalue weighted by Crippen LogP contribution is -2.44. The number of aromatic nitrogens is 1. The fourth-order valence-corrected chi connectivity index (χ4v) is 1.16. The van der Waals surface area contributed by atoms with Gasteiger partial charge in [-0.05, 0) is 19.9 Å². The molecule has 0 aromatic carbocycles. The molecule has 0 spiro atoms. The Labute approximate surface area is 89.9 Å². The predicted octanol–water partition coefficient (Wildman–Crippen LogP) is 0.574. The maximum Gasteiger partial charge on any atom is 0.141 e. The molecule has 0 fully saturated rings. The van der Waals surface area contributed by atoms with Gasteiger partial charge in [0, 0.05) is 25.0 Å². The van der Waals surface area contributed by atoms with Gasteiger partial charge in [-0.25, -0.2) is 10.8 Å². The van der Waals surface area contributed by atoms with Crippen molar-refractivity contribution in [2.45, 2.75) is 19.4 Å². The summed E-state index contributed by atoms with van der Waals surface area (Å²) in [7, 11) is 1.92. The van der Waals surface area contributed by atoms with Crippen molar-refractivity contribution in [3.63, 3.8) is 0 Å². The number of hydrogen-bond acceptors (Lipinski definition) is 5. The third-order valence-corrected chi connectivity index (χ3v) is 2.57. The fourth-order valence-electron chi connectivity index (χ4n) is 1.16. The van der Waals surface area contributed by atoms with Crippen LogP contribution in [0.5, 0.6) is 0 Å². The van der Waals surface area contributed by atoms with Gasteiger partial charge in [0.2, 0.25) is 0 Å². The molecule has 0 aliphatic heterocycles. The van der Waals surface area contributed by atoms with E-state index >= 15 is 0 Å². The number of nitrogen functional groups attached to an aromatic ring is 1. The first-order chi connectivity index (χ1) is 7.01. The third-order valence-electron chi connectivity index (χ3n) is 2.57. The van der Waals surface area contributed by atoms with E-state index in [1.165, 1.54) is 0 Å². The summed E-state index contributed by atoms with van der Waals surface area (Å²) in [5.41, 5.74) is 3.13. The number of nitrogens with two attached hydrogens (primary N) is 1. The first-order valence-corrected chi connectivity index (χ1v) is 4.78. The van der Waals surface area contributed by atoms with Crippen LogP contribution in [0.3, 0.4) is 0 Å². The summed E-state index contributed by atoms with van der Waals surface area (Å²) in [4.78, 5) is 6.00. The molecule has 0 saturated heterocycles. The highest BCUT2D eigenvalue weighted by Gasteiger charge is 2.22. The molecule has 1 aromatic rings. The Morgan fingerprint density at radius 2 is 2.27 bits per heavy atom. The zero-order valence-electron chi connectivity index (χ0n) is 9.36. The quantitative estimate of drug-likeness (QED) is 0.500. The van der Waals surface area contributed by atoms with Gasteiger partial charge in [-0.2, -0.15) is 0 Å². The van der Waals surface area contributed by atoms with Crippen LogP contribution in [0.1, 0.15) is 13.8 Å². The number of hydrogen-bond donors (Lipinski definition) is 3. The smallest absolute Gasteiger partial charge is 0.141 e. The zero-order valence-corrected chi connectivity index (χ0v) is 9.36. The zero-order chi connectivity index (χ0) is 11.5. The summed E-state index contributed by atoms with van der Waals surface area (Å²) in [6, 6.07) is 3.70. The molecule has 5 nitrogen and oxygen atoms in total. The van der Waals surface area contributed by atoms with Crippen molar-refractivity contribution < 1.29 is 5.11 Å². The number of hydrazine groups is 1. The summed E-state index contributed by atoms with van der Waals surface area (Å²) >= 11 is 0. The lowest BCUT2D eigenvalue weighted by atomic mass is 10.0. The van der Waals surface area contributed by atoms with Crippen molar-refractivity contribution in [3.05, 3.63) is 18.3 Å². The lowest BCUT2D eigenvalue weighted by molar-refractivity contribution is 0.216. The van der Waals surface area contributed by atoms with Crippen molar-refractivity contribution in [2.75, 3.05) is 24.0 Å². The molecule has 5 heteroatoms. The van der Waals surface area contributed by atoms with Crippen molar-refractivity contribution in [1.82, 2.24) is 4.98 Å². The van der Waals surface area contributed by atoms with Crippen LogP contribution in [0.4, 0.5) is 11.5 Å². The van der Waals surface area contributed by atoms with Crippen LogP contribution in [-0.2, 0) is 0 Å². The maximum atomic E-state index is 9.25. The van der Waals surface area contributed by atoms with Crippen molar-refractivity contribution in [2.24, 2.45) is 5.84 Å². The van der Waals surface area contributed by atoms with Crippen LogP contribution < -0.4 is 16.2 Å². The second-order valence-corrected chi connectivity index (χ2v) is 4.07. The minimum Gasteiger partial charge on any atom is -0.394 e. The number of aliphatic hydroxyl groups is 1. The van der Waals surface area contributed by atoms with Gasteiger partial charge in [-0.1, -0.05) is 0 Å². The van der Waals surface area contributed by atoms with Crippen LogP contribution >= 0.6 is 0 Å². The van der Waals surface area contributed by atoms with E-state index in [0.29, 0.717) is 5.82 Å². The molecule has 0 radical (unpaired) electrons. The van der Waals surface area contributed by atoms with E-state index in [4.69, 9.17) is 5.84 Å². The summed E-state index contributed by atoms with van der Waals surface area (Å²) in [6.07, 6.45) is 1.68. The number of aliphatic hydroxyl groups excluding tert-OH is 1. The number of nitrogens with zero attached hydrogens (tertiary/aromatic N) is 2. The second kappa shape index (κ2) is 4.46. The summed E-state index contributed by atoms with van der Waals surface area (Å²) < 4.78 is 0. The van der Waals surface area contributed by atoms with Gasteiger partial charge >= 0.3 is 0 Å². The molecule has 1 heterocycles. The summed E-state index contributed by atoms with van der Waals surface area (Å²) in [5, 5.41) is 9.25. The van der Waals surface area contributed by atoms with Crippen molar-refractivity contribution >= 4 is 11.5 Å². The first-order valence-electron chi connectivity index (χ1n) is 4.78.